The fourth-order valence-corrected chi connectivity index (χ4v) is 3.65. The molecule has 0 saturated carbocycles. The first-order valence-corrected chi connectivity index (χ1v) is 8.29. The average Bonchev–Trinajstić information content (AvgIpc) is 2.53. The lowest BCUT2D eigenvalue weighted by molar-refractivity contribution is 0.137. The topological polar surface area (TPSA) is 6.48 Å². The molecule has 0 radical (unpaired) electrons. The second-order valence-corrected chi connectivity index (χ2v) is 6.76. The molecule has 1 aromatic carbocycles. The summed E-state index contributed by atoms with van der Waals surface area (Å²) in [6.07, 6.45) is 3.24. The van der Waals surface area contributed by atoms with E-state index in [1.165, 1.54) is 5.56 Å². The molecule has 122 valence electrons. The van der Waals surface area contributed by atoms with Gasteiger partial charge in [0.25, 0.3) is 0 Å². The van der Waals surface area contributed by atoms with Crippen LogP contribution in [0, 0.1) is 5.82 Å². The Morgan fingerprint density at radius 2 is 1.91 bits per heavy atom. The fourth-order valence-electron chi connectivity index (χ4n) is 3.65. The number of likely N-dealkylation sites (tertiary alicyclic amines) is 2. The van der Waals surface area contributed by atoms with E-state index >= 15 is 0 Å². The van der Waals surface area contributed by atoms with Crippen molar-refractivity contribution in [2.24, 2.45) is 0 Å². The van der Waals surface area contributed by atoms with Gasteiger partial charge in [-0.1, -0.05) is 37.4 Å². The van der Waals surface area contributed by atoms with Gasteiger partial charge in [0.2, 0.25) is 0 Å². The second kappa shape index (κ2) is 6.23. The van der Waals surface area contributed by atoms with E-state index in [9.17, 15) is 4.39 Å². The standard InChI is InChI=1S/C20H25FN2/c1-14(2)20-12-15(3)23(20)16(4)22-11-5-6-18(13-22)17-7-9-19(21)10-8-17/h7-10,18,20H,1,3-6,11-13H2,2H3. The Morgan fingerprint density at radius 1 is 1.22 bits per heavy atom. The van der Waals surface area contributed by atoms with Crippen LogP contribution >= 0.6 is 0 Å². The molecule has 0 amide bonds. The molecule has 0 bridgehead atoms. The number of piperidine rings is 1. The van der Waals surface area contributed by atoms with Crippen molar-refractivity contribution in [3.05, 3.63) is 72.5 Å². The lowest BCUT2D eigenvalue weighted by atomic mass is 9.89. The smallest absolute Gasteiger partial charge is 0.123 e. The maximum Gasteiger partial charge on any atom is 0.123 e. The van der Waals surface area contributed by atoms with Crippen LogP contribution in [0.1, 0.15) is 37.7 Å². The summed E-state index contributed by atoms with van der Waals surface area (Å²) in [4.78, 5) is 4.56. The summed E-state index contributed by atoms with van der Waals surface area (Å²) in [7, 11) is 0. The zero-order chi connectivity index (χ0) is 16.6. The molecule has 23 heavy (non-hydrogen) atoms. The minimum absolute atomic E-state index is 0.174. The zero-order valence-electron chi connectivity index (χ0n) is 13.9. The predicted octanol–water partition coefficient (Wildman–Crippen LogP) is 4.64. The van der Waals surface area contributed by atoms with Gasteiger partial charge in [-0.05, 0) is 37.5 Å². The number of hydrogen-bond donors (Lipinski definition) is 0. The van der Waals surface area contributed by atoms with Crippen molar-refractivity contribution in [3.63, 3.8) is 0 Å². The van der Waals surface area contributed by atoms with Gasteiger partial charge in [-0.3, -0.25) is 0 Å². The van der Waals surface area contributed by atoms with Gasteiger partial charge in [-0.2, -0.15) is 0 Å². The van der Waals surface area contributed by atoms with Crippen LogP contribution in [0.25, 0.3) is 0 Å². The lowest BCUT2D eigenvalue weighted by Crippen LogP contribution is -2.50. The Labute approximate surface area is 138 Å². The van der Waals surface area contributed by atoms with Gasteiger partial charge in [0.1, 0.15) is 11.6 Å². The summed E-state index contributed by atoms with van der Waals surface area (Å²) in [5.41, 5.74) is 3.49. The normalized spacial score (nSPS) is 24.3. The van der Waals surface area contributed by atoms with Gasteiger partial charge in [-0.25, -0.2) is 4.39 Å². The van der Waals surface area contributed by atoms with E-state index in [-0.39, 0.29) is 5.82 Å². The molecule has 3 heteroatoms. The third-order valence-corrected chi connectivity index (χ3v) is 5.06. The second-order valence-electron chi connectivity index (χ2n) is 6.76. The SMILES string of the molecule is C=C(C)C1CC(=C)N1C(=C)N1CCCC(c2ccc(F)cc2)C1. The fraction of sp³-hybridized carbons (Fsp3) is 0.400. The van der Waals surface area contributed by atoms with E-state index in [4.69, 9.17) is 0 Å². The number of rotatable bonds is 4. The van der Waals surface area contributed by atoms with Crippen LogP contribution in [-0.2, 0) is 0 Å². The number of nitrogens with zero attached hydrogens (tertiary/aromatic N) is 2. The maximum atomic E-state index is 13.1. The minimum Gasteiger partial charge on any atom is -0.358 e. The van der Waals surface area contributed by atoms with Gasteiger partial charge in [0.05, 0.1) is 6.04 Å². The van der Waals surface area contributed by atoms with Crippen molar-refractivity contribution in [3.8, 4) is 0 Å². The van der Waals surface area contributed by atoms with E-state index in [0.29, 0.717) is 12.0 Å². The Balaban J connectivity index is 1.71. The average molecular weight is 312 g/mol. The molecule has 0 aliphatic carbocycles. The molecular weight excluding hydrogens is 287 g/mol. The van der Waals surface area contributed by atoms with E-state index in [2.05, 4.69) is 36.5 Å². The Hall–Kier alpha value is -2.03. The Kier molecular flexibility index (Phi) is 4.29. The van der Waals surface area contributed by atoms with Crippen molar-refractivity contribution >= 4 is 0 Å². The van der Waals surface area contributed by atoms with Gasteiger partial charge >= 0.3 is 0 Å². The van der Waals surface area contributed by atoms with Crippen LogP contribution in [-0.4, -0.2) is 28.9 Å². The summed E-state index contributed by atoms with van der Waals surface area (Å²) in [5.74, 6) is 1.28. The molecule has 2 saturated heterocycles. The van der Waals surface area contributed by atoms with Crippen LogP contribution in [0.4, 0.5) is 4.39 Å². The van der Waals surface area contributed by atoms with Crippen molar-refractivity contribution in [2.45, 2.75) is 38.1 Å². The third kappa shape index (κ3) is 3.05. The quantitative estimate of drug-likeness (QED) is 0.747. The van der Waals surface area contributed by atoms with E-state index in [1.807, 2.05) is 12.1 Å². The van der Waals surface area contributed by atoms with Crippen LogP contribution in [0.3, 0.4) is 0 Å². The molecule has 2 atom stereocenters. The summed E-state index contributed by atoms with van der Waals surface area (Å²) in [6.45, 7) is 16.5. The number of halogens is 1. The predicted molar refractivity (Wildman–Crippen MR) is 93.3 cm³/mol. The largest absolute Gasteiger partial charge is 0.358 e. The summed E-state index contributed by atoms with van der Waals surface area (Å²) in [5, 5.41) is 0. The lowest BCUT2D eigenvalue weighted by Gasteiger charge is -2.50. The highest BCUT2D eigenvalue weighted by atomic mass is 19.1. The molecule has 2 fully saturated rings. The van der Waals surface area contributed by atoms with E-state index < -0.39 is 0 Å². The summed E-state index contributed by atoms with van der Waals surface area (Å²) in [6, 6.07) is 7.26. The van der Waals surface area contributed by atoms with Crippen molar-refractivity contribution in [1.29, 1.82) is 0 Å². The first-order valence-electron chi connectivity index (χ1n) is 8.29. The molecule has 2 aliphatic heterocycles. The van der Waals surface area contributed by atoms with Gasteiger partial charge < -0.3 is 9.80 Å². The highest BCUT2D eigenvalue weighted by molar-refractivity contribution is 5.28. The van der Waals surface area contributed by atoms with Gasteiger partial charge in [0.15, 0.2) is 0 Å². The highest BCUT2D eigenvalue weighted by Gasteiger charge is 2.36. The summed E-state index contributed by atoms with van der Waals surface area (Å²) >= 11 is 0. The van der Waals surface area contributed by atoms with Crippen LogP contribution in [0.5, 0.6) is 0 Å². The monoisotopic (exact) mass is 312 g/mol. The molecule has 0 N–H and O–H groups in total. The maximum absolute atomic E-state index is 13.1. The first kappa shape index (κ1) is 15.9. The van der Waals surface area contributed by atoms with Gasteiger partial charge in [-0.15, -0.1) is 0 Å². The molecule has 0 aromatic heterocycles. The number of hydrogen-bond acceptors (Lipinski definition) is 2. The van der Waals surface area contributed by atoms with Crippen LogP contribution in [0.2, 0.25) is 0 Å². The number of benzene rings is 1. The molecule has 2 nitrogen and oxygen atoms in total. The van der Waals surface area contributed by atoms with E-state index in [0.717, 1.165) is 49.4 Å². The zero-order valence-corrected chi connectivity index (χ0v) is 13.9. The van der Waals surface area contributed by atoms with Crippen molar-refractivity contribution in [1.82, 2.24) is 9.80 Å². The molecule has 3 rings (SSSR count). The minimum atomic E-state index is -0.174. The van der Waals surface area contributed by atoms with Crippen molar-refractivity contribution in [2.75, 3.05) is 13.1 Å². The molecule has 2 heterocycles. The highest BCUT2D eigenvalue weighted by Crippen LogP contribution is 2.38. The third-order valence-electron chi connectivity index (χ3n) is 5.06. The van der Waals surface area contributed by atoms with Crippen LogP contribution < -0.4 is 0 Å². The molecule has 1 aromatic rings. The van der Waals surface area contributed by atoms with Crippen LogP contribution in [0.15, 0.2) is 61.1 Å². The summed E-state index contributed by atoms with van der Waals surface area (Å²) < 4.78 is 13.1. The Bertz CT molecular complexity index is 632. The van der Waals surface area contributed by atoms with E-state index in [1.54, 1.807) is 12.1 Å². The van der Waals surface area contributed by atoms with Gasteiger partial charge in [0, 0.05) is 31.1 Å². The Morgan fingerprint density at radius 3 is 2.52 bits per heavy atom. The van der Waals surface area contributed by atoms with Crippen molar-refractivity contribution < 1.29 is 4.39 Å². The molecule has 2 unspecified atom stereocenters. The molecule has 0 spiro atoms. The first-order chi connectivity index (χ1) is 11.0. The molecular formula is C20H25FN2. The molecule has 2 aliphatic rings.